The molecule has 3 aliphatic rings. The van der Waals surface area contributed by atoms with Gasteiger partial charge in [-0.2, -0.15) is 5.26 Å². The van der Waals surface area contributed by atoms with Gasteiger partial charge in [0.25, 0.3) is 0 Å². The Balaban J connectivity index is 1.87. The Bertz CT molecular complexity index is 308. The van der Waals surface area contributed by atoms with E-state index in [2.05, 4.69) is 6.07 Å². The Kier molecular flexibility index (Phi) is 1.69. The van der Waals surface area contributed by atoms with E-state index in [1.807, 2.05) is 0 Å². The van der Waals surface area contributed by atoms with Gasteiger partial charge in [0, 0.05) is 12.3 Å². The molecule has 0 aromatic heterocycles. The van der Waals surface area contributed by atoms with Gasteiger partial charge < -0.3 is 9.47 Å². The second-order valence-electron chi connectivity index (χ2n) is 4.52. The molecule has 2 bridgehead atoms. The largest absolute Gasteiger partial charge is 0.347 e. The maximum absolute atomic E-state index is 9.02. The van der Waals surface area contributed by atoms with Crippen LogP contribution in [0.25, 0.3) is 0 Å². The van der Waals surface area contributed by atoms with E-state index in [1.165, 1.54) is 0 Å². The number of ether oxygens (including phenoxy) is 2. The van der Waals surface area contributed by atoms with Crippen molar-refractivity contribution in [3.8, 4) is 6.07 Å². The quantitative estimate of drug-likeness (QED) is 0.575. The molecule has 76 valence electrons. The molecule has 3 nitrogen and oxygen atoms in total. The van der Waals surface area contributed by atoms with Crippen molar-refractivity contribution in [3.05, 3.63) is 0 Å². The van der Waals surface area contributed by atoms with Crippen LogP contribution in [0.3, 0.4) is 0 Å². The fourth-order valence-corrected chi connectivity index (χ4v) is 3.54. The lowest BCUT2D eigenvalue weighted by Crippen LogP contribution is -2.42. The van der Waals surface area contributed by atoms with Crippen LogP contribution in [0.2, 0.25) is 0 Å². The van der Waals surface area contributed by atoms with Crippen molar-refractivity contribution in [2.75, 3.05) is 13.2 Å². The molecule has 0 N–H and O–H groups in total. The zero-order valence-corrected chi connectivity index (χ0v) is 8.59. The van der Waals surface area contributed by atoms with Crippen molar-refractivity contribution in [1.82, 2.24) is 0 Å². The van der Waals surface area contributed by atoms with Gasteiger partial charge in [-0.25, -0.2) is 0 Å². The third kappa shape index (κ3) is 0.942. The smallest absolute Gasteiger partial charge is 0.171 e. The van der Waals surface area contributed by atoms with Crippen molar-refractivity contribution in [2.45, 2.75) is 29.9 Å². The molecule has 1 saturated heterocycles. The predicted octanol–water partition coefficient (Wildman–Crippen LogP) is 1.66. The van der Waals surface area contributed by atoms with Crippen molar-refractivity contribution in [2.24, 2.45) is 11.8 Å². The number of alkyl halides is 1. The fourth-order valence-electron chi connectivity index (χ4n) is 3.19. The lowest BCUT2D eigenvalue weighted by molar-refractivity contribution is -0.191. The average Bonchev–Trinajstić information content (AvgIpc) is 2.83. The van der Waals surface area contributed by atoms with Crippen molar-refractivity contribution in [1.29, 1.82) is 5.26 Å². The number of rotatable bonds is 0. The van der Waals surface area contributed by atoms with Crippen LogP contribution in [0.1, 0.15) is 19.3 Å². The standard InChI is InChI=1S/C10H12ClNO2/c11-9(6-12)4-8-3-7(9)5-10(8)13-1-2-14-10/h7-8H,1-5H2/t7-,8-,9?/m0/s1. The minimum Gasteiger partial charge on any atom is -0.347 e. The number of nitrogens with zero attached hydrogens (tertiary/aromatic N) is 1. The van der Waals surface area contributed by atoms with E-state index in [4.69, 9.17) is 26.3 Å². The minimum absolute atomic E-state index is 0.247. The van der Waals surface area contributed by atoms with Crippen LogP contribution in [0.4, 0.5) is 0 Å². The zero-order chi connectivity index (χ0) is 9.81. The van der Waals surface area contributed by atoms with Gasteiger partial charge in [0.1, 0.15) is 4.87 Å². The Labute approximate surface area is 87.9 Å². The number of fused-ring (bicyclic) bond motifs is 3. The molecular formula is C10H12ClNO2. The topological polar surface area (TPSA) is 42.2 Å². The van der Waals surface area contributed by atoms with Gasteiger partial charge in [-0.15, -0.1) is 11.6 Å². The van der Waals surface area contributed by atoms with E-state index in [0.29, 0.717) is 19.1 Å². The molecule has 14 heavy (non-hydrogen) atoms. The molecule has 3 rings (SSSR count). The van der Waals surface area contributed by atoms with E-state index in [1.54, 1.807) is 0 Å². The van der Waals surface area contributed by atoms with E-state index in [9.17, 15) is 0 Å². The first kappa shape index (κ1) is 8.96. The molecular weight excluding hydrogens is 202 g/mol. The molecule has 1 heterocycles. The summed E-state index contributed by atoms with van der Waals surface area (Å²) >= 11 is 6.24. The summed E-state index contributed by atoms with van der Waals surface area (Å²) in [6.45, 7) is 1.37. The molecule has 1 spiro atoms. The van der Waals surface area contributed by atoms with Crippen LogP contribution in [0.5, 0.6) is 0 Å². The second-order valence-corrected chi connectivity index (χ2v) is 5.20. The van der Waals surface area contributed by atoms with Crippen molar-refractivity contribution >= 4 is 11.6 Å². The maximum atomic E-state index is 9.02. The Hall–Kier alpha value is -0.300. The van der Waals surface area contributed by atoms with Gasteiger partial charge in [-0.3, -0.25) is 0 Å². The van der Waals surface area contributed by atoms with E-state index in [-0.39, 0.29) is 11.7 Å². The van der Waals surface area contributed by atoms with Crippen molar-refractivity contribution in [3.63, 3.8) is 0 Å². The summed E-state index contributed by atoms with van der Waals surface area (Å²) < 4.78 is 11.4. The molecule has 1 aliphatic heterocycles. The normalized spacial score (nSPS) is 48.6. The molecule has 0 amide bonds. The van der Waals surface area contributed by atoms with Gasteiger partial charge >= 0.3 is 0 Å². The molecule has 4 heteroatoms. The molecule has 1 unspecified atom stereocenters. The number of hydrogen-bond donors (Lipinski definition) is 0. The Morgan fingerprint density at radius 3 is 2.43 bits per heavy atom. The average molecular weight is 214 g/mol. The van der Waals surface area contributed by atoms with Gasteiger partial charge in [-0.1, -0.05) is 0 Å². The van der Waals surface area contributed by atoms with Crippen molar-refractivity contribution < 1.29 is 9.47 Å². The van der Waals surface area contributed by atoms with Gasteiger partial charge in [0.05, 0.1) is 19.3 Å². The summed E-state index contributed by atoms with van der Waals surface area (Å²) in [6.07, 6.45) is 2.50. The van der Waals surface area contributed by atoms with Crippen LogP contribution in [-0.4, -0.2) is 23.9 Å². The highest BCUT2D eigenvalue weighted by Gasteiger charge is 2.64. The monoisotopic (exact) mass is 213 g/mol. The van der Waals surface area contributed by atoms with E-state index in [0.717, 1.165) is 19.3 Å². The van der Waals surface area contributed by atoms with Crippen LogP contribution in [-0.2, 0) is 9.47 Å². The fraction of sp³-hybridized carbons (Fsp3) is 0.900. The maximum Gasteiger partial charge on any atom is 0.171 e. The lowest BCUT2D eigenvalue weighted by atomic mass is 9.85. The Morgan fingerprint density at radius 2 is 1.93 bits per heavy atom. The summed E-state index contributed by atoms with van der Waals surface area (Å²) in [5, 5.41) is 9.02. The molecule has 0 aromatic carbocycles. The summed E-state index contributed by atoms with van der Waals surface area (Å²) in [5.41, 5.74) is 0. The van der Waals surface area contributed by atoms with Gasteiger partial charge in [0.2, 0.25) is 0 Å². The third-order valence-electron chi connectivity index (χ3n) is 3.87. The highest BCUT2D eigenvalue weighted by atomic mass is 35.5. The first-order valence-electron chi connectivity index (χ1n) is 5.07. The lowest BCUT2D eigenvalue weighted by Gasteiger charge is -2.36. The molecule has 0 aromatic rings. The highest BCUT2D eigenvalue weighted by Crippen LogP contribution is 2.60. The third-order valence-corrected chi connectivity index (χ3v) is 4.42. The van der Waals surface area contributed by atoms with E-state index < -0.39 is 4.87 Å². The predicted molar refractivity (Wildman–Crippen MR) is 49.7 cm³/mol. The summed E-state index contributed by atoms with van der Waals surface area (Å²) in [7, 11) is 0. The van der Waals surface area contributed by atoms with Gasteiger partial charge in [0.15, 0.2) is 5.79 Å². The molecule has 3 atom stereocenters. The zero-order valence-electron chi connectivity index (χ0n) is 7.83. The highest BCUT2D eigenvalue weighted by molar-refractivity contribution is 6.26. The molecule has 2 saturated carbocycles. The first-order chi connectivity index (χ1) is 6.69. The summed E-state index contributed by atoms with van der Waals surface area (Å²) in [4.78, 5) is -0.648. The molecule has 3 fully saturated rings. The van der Waals surface area contributed by atoms with Crippen LogP contribution in [0, 0.1) is 23.2 Å². The van der Waals surface area contributed by atoms with Crippen LogP contribution >= 0.6 is 11.6 Å². The Morgan fingerprint density at radius 1 is 1.21 bits per heavy atom. The van der Waals surface area contributed by atoms with Crippen LogP contribution in [0.15, 0.2) is 0 Å². The summed E-state index contributed by atoms with van der Waals surface area (Å²) in [5.74, 6) is 0.198. The summed E-state index contributed by atoms with van der Waals surface area (Å²) in [6, 6.07) is 2.23. The first-order valence-corrected chi connectivity index (χ1v) is 5.44. The minimum atomic E-state index is -0.648. The number of halogens is 1. The number of hydrogen-bond acceptors (Lipinski definition) is 3. The molecule has 0 radical (unpaired) electrons. The van der Waals surface area contributed by atoms with Gasteiger partial charge in [-0.05, 0) is 18.8 Å². The number of nitriles is 1. The SMILES string of the molecule is N#CC1(Cl)C[C@@H]2C[C@H]1CC21OCCO1. The van der Waals surface area contributed by atoms with Crippen LogP contribution < -0.4 is 0 Å². The van der Waals surface area contributed by atoms with E-state index >= 15 is 0 Å². The second kappa shape index (κ2) is 2.63. The molecule has 2 aliphatic carbocycles.